The quantitative estimate of drug-likeness (QED) is 0.0458. The van der Waals surface area contributed by atoms with E-state index in [1.807, 2.05) is 0 Å². The highest BCUT2D eigenvalue weighted by molar-refractivity contribution is 6.52. The lowest BCUT2D eigenvalue weighted by Gasteiger charge is -2.20. The minimum atomic E-state index is -1.21. The average Bonchev–Trinajstić information content (AvgIpc) is 4.10. The largest absolute Gasteiger partial charge is 0.508 e. The van der Waals surface area contributed by atoms with Crippen LogP contribution in [0.5, 0.6) is 103 Å². The number of fused-ring (bicyclic) bond motifs is 9. The van der Waals surface area contributed by atoms with Crippen molar-refractivity contribution in [1.29, 1.82) is 0 Å². The summed E-state index contributed by atoms with van der Waals surface area (Å²) in [6, 6.07) is 8.68. The maximum absolute atomic E-state index is 12.0. The molecule has 28 heteroatoms. The lowest BCUT2D eigenvalue weighted by Crippen LogP contribution is -2.17. The standard InChI is InChI=1S/C47H36B6N4O18/c48-18-12-14-29(41(69)40(68)22(52)30(14)58)56(24(12)20(50)37(65)35(18)63)10-5-7(6-11(54-10)57-26-13(19(49)36(64)46(74)42(26)70)15-27(57)34(62)23(53)39(67)31(15)59)8-3-1-2-4-9(8)55-25-16(32(60)44(72)38(66)21(25)51)17-28(55)43(71)47(75)45(73)33(17)61/h1-6,58-75H,48-53H2. The molecule has 0 spiro atoms. The third-order valence-corrected chi connectivity index (χ3v) is 14.6. The van der Waals surface area contributed by atoms with Gasteiger partial charge < -0.3 is 96.5 Å². The van der Waals surface area contributed by atoms with Crippen LogP contribution in [0.15, 0.2) is 36.4 Å². The molecule has 0 saturated heterocycles. The van der Waals surface area contributed by atoms with E-state index in [2.05, 4.69) is 0 Å². The van der Waals surface area contributed by atoms with E-state index in [9.17, 15) is 91.9 Å². The van der Waals surface area contributed by atoms with Crippen LogP contribution in [-0.2, 0) is 0 Å². The van der Waals surface area contributed by atoms with Crippen LogP contribution in [0.25, 0.3) is 93.9 Å². The second-order valence-electron chi connectivity index (χ2n) is 18.5. The lowest BCUT2D eigenvalue weighted by molar-refractivity contribution is 0.350. The third-order valence-electron chi connectivity index (χ3n) is 14.6. The predicted octanol–water partition coefficient (Wildman–Crippen LogP) is -3.71. The first-order valence-corrected chi connectivity index (χ1v) is 22.5. The molecule has 75 heavy (non-hydrogen) atoms. The maximum Gasteiger partial charge on any atom is 0.206 e. The van der Waals surface area contributed by atoms with E-state index in [1.54, 1.807) is 0 Å². The highest BCUT2D eigenvalue weighted by Gasteiger charge is 2.35. The van der Waals surface area contributed by atoms with Gasteiger partial charge in [-0.05, 0) is 56.5 Å². The van der Waals surface area contributed by atoms with E-state index in [1.165, 1.54) is 92.6 Å². The SMILES string of the molecule is Bc1c(O)c(O)c2c(c1O)c1c(B)c(O)c(O)c(B)c1n2-c1cc(-c2ccccc2-n2c3c(B)c(O)c(O)c(O)c3c3c(O)c(O)c(O)c(O)c32)cc(-n2c3c(O)c(O)c(O)c(B)c3c3c(O)c(O)c(B)c(O)c32)n1. The van der Waals surface area contributed by atoms with Crippen LogP contribution in [0, 0.1) is 0 Å². The van der Waals surface area contributed by atoms with Crippen LogP contribution in [-0.4, -0.2) is 158 Å². The van der Waals surface area contributed by atoms with Gasteiger partial charge >= 0.3 is 0 Å². The second kappa shape index (κ2) is 15.2. The van der Waals surface area contributed by atoms with Gasteiger partial charge in [-0.2, -0.15) is 0 Å². The van der Waals surface area contributed by atoms with Gasteiger partial charge in [0, 0.05) is 16.3 Å². The van der Waals surface area contributed by atoms with Gasteiger partial charge in [0.2, 0.25) is 17.2 Å². The van der Waals surface area contributed by atoms with Gasteiger partial charge in [-0.3, -0.25) is 9.13 Å². The topological polar surface area (TPSA) is 392 Å². The minimum Gasteiger partial charge on any atom is -0.508 e. The number of phenols is 18. The lowest BCUT2D eigenvalue weighted by atomic mass is 9.82. The fourth-order valence-corrected chi connectivity index (χ4v) is 10.7. The molecule has 22 nitrogen and oxygen atoms in total. The molecule has 0 radical (unpaired) electrons. The van der Waals surface area contributed by atoms with Crippen molar-refractivity contribution >= 4 is 145 Å². The zero-order chi connectivity index (χ0) is 54.4. The number of rotatable bonds is 4. The van der Waals surface area contributed by atoms with E-state index >= 15 is 0 Å². The van der Waals surface area contributed by atoms with Crippen molar-refractivity contribution < 1.29 is 91.9 Å². The van der Waals surface area contributed by atoms with Crippen molar-refractivity contribution in [1.82, 2.24) is 18.7 Å². The van der Waals surface area contributed by atoms with Gasteiger partial charge in [0.05, 0.1) is 38.3 Å². The summed E-state index contributed by atoms with van der Waals surface area (Å²) in [5.74, 6) is -16.9. The monoisotopic (exact) mass is 1010 g/mol. The average molecular weight is 1010 g/mol. The zero-order valence-electron chi connectivity index (χ0n) is 39.8. The first-order chi connectivity index (χ1) is 35.3. The molecule has 0 aliphatic heterocycles. The summed E-state index contributed by atoms with van der Waals surface area (Å²) in [5, 5.41) is 204. The molecule has 11 rings (SSSR count). The molecule has 0 unspecified atom stereocenters. The molecule has 0 saturated carbocycles. The van der Waals surface area contributed by atoms with Crippen molar-refractivity contribution in [3.05, 3.63) is 36.4 Å². The summed E-state index contributed by atoms with van der Waals surface area (Å²) in [6.07, 6.45) is 0. The molecule has 0 amide bonds. The molecule has 18 N–H and O–H groups in total. The zero-order valence-corrected chi connectivity index (χ0v) is 39.8. The molecule has 0 bridgehead atoms. The minimum absolute atomic E-state index is 0.00182. The number of hydrogen-bond donors (Lipinski definition) is 18. The molecule has 4 aromatic heterocycles. The number of aromatic nitrogens is 4. The molecule has 0 fully saturated rings. The molecule has 4 heterocycles. The number of hydrogen-bond acceptors (Lipinski definition) is 19. The van der Waals surface area contributed by atoms with E-state index in [0.29, 0.717) is 0 Å². The van der Waals surface area contributed by atoms with Gasteiger partial charge in [-0.25, -0.2) is 4.98 Å². The number of para-hydroxylation sites is 1. The van der Waals surface area contributed by atoms with Crippen LogP contribution < -0.4 is 32.8 Å². The molecule has 11 aromatic rings. The fraction of sp³-hybridized carbons (Fsp3) is 0. The second-order valence-corrected chi connectivity index (χ2v) is 18.5. The Balaban J connectivity index is 1.41. The van der Waals surface area contributed by atoms with Crippen LogP contribution in [0.2, 0.25) is 0 Å². The van der Waals surface area contributed by atoms with Crippen molar-refractivity contribution in [2.45, 2.75) is 0 Å². The van der Waals surface area contributed by atoms with Crippen LogP contribution in [0.3, 0.4) is 0 Å². The Morgan fingerprint density at radius 3 is 1.20 bits per heavy atom. The third kappa shape index (κ3) is 5.61. The van der Waals surface area contributed by atoms with Gasteiger partial charge in [-0.15, -0.1) is 0 Å². The molecular formula is C47H36B6N4O18. The maximum atomic E-state index is 12.0. The molecular weight excluding hydrogens is 973 g/mol. The van der Waals surface area contributed by atoms with Gasteiger partial charge in [0.1, 0.15) is 92.3 Å². The normalized spacial score (nSPS) is 11.9. The highest BCUT2D eigenvalue weighted by Crippen LogP contribution is 2.57. The summed E-state index contributed by atoms with van der Waals surface area (Å²) in [6.45, 7) is 0. The van der Waals surface area contributed by atoms with Crippen molar-refractivity contribution in [3.63, 3.8) is 0 Å². The Morgan fingerprint density at radius 1 is 0.280 bits per heavy atom. The van der Waals surface area contributed by atoms with E-state index in [-0.39, 0.29) is 105 Å². The number of pyridine rings is 1. The Morgan fingerprint density at radius 2 is 0.600 bits per heavy atom. The smallest absolute Gasteiger partial charge is 0.206 e. The molecule has 0 aliphatic carbocycles. The Bertz CT molecular complexity index is 4140. The van der Waals surface area contributed by atoms with Crippen LogP contribution in [0.1, 0.15) is 0 Å². The van der Waals surface area contributed by atoms with Gasteiger partial charge in [0.15, 0.2) is 74.7 Å². The first-order valence-electron chi connectivity index (χ1n) is 22.5. The molecule has 7 aromatic carbocycles. The van der Waals surface area contributed by atoms with E-state index < -0.39 is 125 Å². The van der Waals surface area contributed by atoms with Crippen molar-refractivity contribution in [2.24, 2.45) is 0 Å². The summed E-state index contributed by atoms with van der Waals surface area (Å²) in [5.41, 5.74) is -2.76. The highest BCUT2D eigenvalue weighted by atomic mass is 16.4. The molecule has 370 valence electrons. The van der Waals surface area contributed by atoms with E-state index in [4.69, 9.17) is 4.98 Å². The van der Waals surface area contributed by atoms with Crippen molar-refractivity contribution in [2.75, 3.05) is 0 Å². The van der Waals surface area contributed by atoms with E-state index in [0.717, 1.165) is 4.57 Å². The molecule has 0 atom stereocenters. The summed E-state index contributed by atoms with van der Waals surface area (Å²) < 4.78 is 3.45. The Hall–Kier alpha value is -10.1. The predicted molar refractivity (Wildman–Crippen MR) is 292 cm³/mol. The Kier molecular flexibility index (Phi) is 9.57. The molecule has 0 aliphatic rings. The van der Waals surface area contributed by atoms with Crippen molar-refractivity contribution in [3.8, 4) is 132 Å². The number of nitrogens with zero attached hydrogens (tertiary/aromatic N) is 4. The first kappa shape index (κ1) is 47.2. The van der Waals surface area contributed by atoms with Gasteiger partial charge in [0.25, 0.3) is 0 Å². The Labute approximate surface area is 422 Å². The van der Waals surface area contributed by atoms with Gasteiger partial charge in [-0.1, -0.05) is 18.2 Å². The number of aromatic hydroxyl groups is 18. The fourth-order valence-electron chi connectivity index (χ4n) is 10.7. The van der Waals surface area contributed by atoms with Crippen LogP contribution >= 0.6 is 0 Å². The number of phenolic OH excluding ortho intramolecular Hbond substituents is 18. The summed E-state index contributed by atoms with van der Waals surface area (Å²) in [4.78, 5) is 4.98. The summed E-state index contributed by atoms with van der Waals surface area (Å²) >= 11 is 0. The number of benzene rings is 7. The van der Waals surface area contributed by atoms with Crippen LogP contribution in [0.4, 0.5) is 0 Å². The summed E-state index contributed by atoms with van der Waals surface area (Å²) in [7, 11) is 8.00.